The van der Waals surface area contributed by atoms with Crippen LogP contribution < -0.4 is 10.6 Å². The van der Waals surface area contributed by atoms with E-state index < -0.39 is 0 Å². The molecule has 2 aliphatic heterocycles. The molecular weight excluding hydrogens is 300 g/mol. The van der Waals surface area contributed by atoms with Gasteiger partial charge < -0.3 is 15.5 Å². The minimum atomic E-state index is 0.143. The van der Waals surface area contributed by atoms with E-state index in [-0.39, 0.29) is 5.78 Å². The lowest BCUT2D eigenvalue weighted by Crippen LogP contribution is -2.46. The van der Waals surface area contributed by atoms with Gasteiger partial charge in [-0.15, -0.1) is 0 Å². The number of anilines is 2. The molecule has 0 radical (unpaired) electrons. The average Bonchev–Trinajstić information content (AvgIpc) is 2.58. The van der Waals surface area contributed by atoms with Crippen molar-refractivity contribution in [3.05, 3.63) is 23.8 Å². The van der Waals surface area contributed by atoms with E-state index in [0.717, 1.165) is 50.9 Å². The Morgan fingerprint density at radius 2 is 1.79 bits per heavy atom. The molecule has 2 saturated heterocycles. The molecule has 0 aliphatic carbocycles. The molecule has 0 aromatic heterocycles. The number of hydrogen-bond donors (Lipinski definition) is 1. The standard InChI is InChI=1S/C19H30N4O/c1-15-5-7-23(8-6-15)16-3-4-18(20)17(13-16)19(24)14-22-11-9-21(2)10-12-22/h3-4,13,15H,5-12,14,20H2,1-2H3. The third-order valence-corrected chi connectivity index (χ3v) is 5.45. The van der Waals surface area contributed by atoms with Gasteiger partial charge in [0, 0.05) is 56.2 Å². The fourth-order valence-corrected chi connectivity index (χ4v) is 3.54. The summed E-state index contributed by atoms with van der Waals surface area (Å²) in [6.07, 6.45) is 2.43. The molecule has 0 bridgehead atoms. The zero-order valence-corrected chi connectivity index (χ0v) is 15.0. The maximum absolute atomic E-state index is 12.7. The largest absolute Gasteiger partial charge is 0.398 e. The van der Waals surface area contributed by atoms with E-state index in [1.54, 1.807) is 0 Å². The highest BCUT2D eigenvalue weighted by Crippen LogP contribution is 2.26. The van der Waals surface area contributed by atoms with E-state index in [1.165, 1.54) is 12.8 Å². The molecule has 5 heteroatoms. The number of likely N-dealkylation sites (N-methyl/N-ethyl adjacent to an activating group) is 1. The van der Waals surface area contributed by atoms with Gasteiger partial charge >= 0.3 is 0 Å². The summed E-state index contributed by atoms with van der Waals surface area (Å²) in [5.74, 6) is 0.942. The highest BCUT2D eigenvalue weighted by atomic mass is 16.1. The van der Waals surface area contributed by atoms with E-state index in [4.69, 9.17) is 5.73 Å². The van der Waals surface area contributed by atoms with Gasteiger partial charge in [0.15, 0.2) is 5.78 Å². The van der Waals surface area contributed by atoms with E-state index in [0.29, 0.717) is 17.8 Å². The maximum Gasteiger partial charge on any atom is 0.178 e. The molecule has 24 heavy (non-hydrogen) atoms. The zero-order chi connectivity index (χ0) is 17.1. The Morgan fingerprint density at radius 3 is 2.46 bits per heavy atom. The number of benzene rings is 1. The number of rotatable bonds is 4. The number of piperidine rings is 1. The molecule has 132 valence electrons. The Kier molecular flexibility index (Phi) is 5.41. The predicted molar refractivity (Wildman–Crippen MR) is 99.7 cm³/mol. The highest BCUT2D eigenvalue weighted by Gasteiger charge is 2.21. The number of ketones is 1. The molecule has 0 unspecified atom stereocenters. The van der Waals surface area contributed by atoms with Gasteiger partial charge in [0.25, 0.3) is 0 Å². The van der Waals surface area contributed by atoms with Crippen LogP contribution in [0.1, 0.15) is 30.1 Å². The lowest BCUT2D eigenvalue weighted by atomic mass is 9.98. The maximum atomic E-state index is 12.7. The average molecular weight is 330 g/mol. The number of nitrogens with zero attached hydrogens (tertiary/aromatic N) is 3. The van der Waals surface area contributed by atoms with Crippen molar-refractivity contribution in [2.75, 3.05) is 63.5 Å². The van der Waals surface area contributed by atoms with Crippen molar-refractivity contribution in [1.29, 1.82) is 0 Å². The van der Waals surface area contributed by atoms with Crippen LogP contribution in [0.4, 0.5) is 11.4 Å². The Balaban J connectivity index is 1.68. The first-order valence-electron chi connectivity index (χ1n) is 9.11. The summed E-state index contributed by atoms with van der Waals surface area (Å²) in [5.41, 5.74) is 8.53. The molecule has 0 amide bonds. The lowest BCUT2D eigenvalue weighted by molar-refractivity contribution is 0.0877. The fraction of sp³-hybridized carbons (Fsp3) is 0.632. The quantitative estimate of drug-likeness (QED) is 0.675. The van der Waals surface area contributed by atoms with Crippen molar-refractivity contribution in [2.24, 2.45) is 5.92 Å². The van der Waals surface area contributed by atoms with Gasteiger partial charge in [-0.1, -0.05) is 6.92 Å². The van der Waals surface area contributed by atoms with Crippen LogP contribution >= 0.6 is 0 Å². The normalized spacial score (nSPS) is 21.2. The van der Waals surface area contributed by atoms with Crippen LogP contribution in [0.3, 0.4) is 0 Å². The van der Waals surface area contributed by atoms with E-state index in [9.17, 15) is 4.79 Å². The zero-order valence-electron chi connectivity index (χ0n) is 15.0. The SMILES string of the molecule is CC1CCN(c2ccc(N)c(C(=O)CN3CCN(C)CC3)c2)CC1. The Bertz CT molecular complexity index is 573. The smallest absolute Gasteiger partial charge is 0.178 e. The third kappa shape index (κ3) is 4.08. The minimum absolute atomic E-state index is 0.143. The van der Waals surface area contributed by atoms with Gasteiger partial charge in [0.2, 0.25) is 0 Å². The first-order chi connectivity index (χ1) is 11.5. The van der Waals surface area contributed by atoms with Crippen molar-refractivity contribution in [3.63, 3.8) is 0 Å². The molecule has 2 fully saturated rings. The van der Waals surface area contributed by atoms with E-state index in [2.05, 4.69) is 34.7 Å². The summed E-state index contributed by atoms with van der Waals surface area (Å²) in [4.78, 5) is 19.7. The molecule has 1 aromatic carbocycles. The van der Waals surface area contributed by atoms with Crippen LogP contribution in [0.5, 0.6) is 0 Å². The van der Waals surface area contributed by atoms with Gasteiger partial charge in [-0.2, -0.15) is 0 Å². The molecule has 3 rings (SSSR count). The monoisotopic (exact) mass is 330 g/mol. The molecular formula is C19H30N4O. The Labute approximate surface area is 145 Å². The predicted octanol–water partition coefficient (Wildman–Crippen LogP) is 1.94. The lowest BCUT2D eigenvalue weighted by Gasteiger charge is -2.33. The summed E-state index contributed by atoms with van der Waals surface area (Å²) in [6, 6.07) is 5.95. The summed E-state index contributed by atoms with van der Waals surface area (Å²) < 4.78 is 0. The molecule has 1 aromatic rings. The van der Waals surface area contributed by atoms with Crippen LogP contribution in [0.25, 0.3) is 0 Å². The van der Waals surface area contributed by atoms with Crippen molar-refractivity contribution < 1.29 is 4.79 Å². The Morgan fingerprint density at radius 1 is 1.12 bits per heavy atom. The molecule has 2 N–H and O–H groups in total. The van der Waals surface area contributed by atoms with Crippen LogP contribution in [0.15, 0.2) is 18.2 Å². The van der Waals surface area contributed by atoms with Gasteiger partial charge in [0.05, 0.1) is 6.54 Å². The summed E-state index contributed by atoms with van der Waals surface area (Å²) in [7, 11) is 2.13. The van der Waals surface area contributed by atoms with Gasteiger partial charge in [-0.3, -0.25) is 9.69 Å². The molecule has 5 nitrogen and oxygen atoms in total. The number of hydrogen-bond acceptors (Lipinski definition) is 5. The molecule has 0 saturated carbocycles. The Hall–Kier alpha value is -1.59. The summed E-state index contributed by atoms with van der Waals surface area (Å²) in [5, 5.41) is 0. The van der Waals surface area contributed by atoms with Crippen molar-refractivity contribution in [2.45, 2.75) is 19.8 Å². The number of carbonyl (C=O) groups is 1. The fourth-order valence-electron chi connectivity index (χ4n) is 3.54. The van der Waals surface area contributed by atoms with E-state index in [1.807, 2.05) is 12.1 Å². The van der Waals surface area contributed by atoms with Crippen LogP contribution in [0.2, 0.25) is 0 Å². The number of Topliss-reactive ketones (excluding diaryl/α,β-unsaturated/α-hetero) is 1. The first-order valence-corrected chi connectivity index (χ1v) is 9.11. The van der Waals surface area contributed by atoms with Gasteiger partial charge in [0.1, 0.15) is 0 Å². The second kappa shape index (κ2) is 7.53. The molecule has 2 aliphatic rings. The number of carbonyl (C=O) groups excluding carboxylic acids is 1. The highest BCUT2D eigenvalue weighted by molar-refractivity contribution is 6.03. The van der Waals surface area contributed by atoms with E-state index >= 15 is 0 Å². The van der Waals surface area contributed by atoms with Crippen LogP contribution in [-0.2, 0) is 0 Å². The summed E-state index contributed by atoms with van der Waals surface area (Å²) in [6.45, 7) is 8.86. The number of piperazine rings is 1. The van der Waals surface area contributed by atoms with Crippen molar-refractivity contribution >= 4 is 17.2 Å². The number of nitrogens with two attached hydrogens (primary N) is 1. The third-order valence-electron chi connectivity index (χ3n) is 5.45. The second-order valence-electron chi connectivity index (χ2n) is 7.44. The topological polar surface area (TPSA) is 52.8 Å². The second-order valence-corrected chi connectivity index (χ2v) is 7.44. The van der Waals surface area contributed by atoms with Crippen LogP contribution in [-0.4, -0.2) is 68.4 Å². The van der Waals surface area contributed by atoms with Crippen molar-refractivity contribution in [3.8, 4) is 0 Å². The number of nitrogen functional groups attached to an aromatic ring is 1. The summed E-state index contributed by atoms with van der Waals surface area (Å²) >= 11 is 0. The molecule has 2 heterocycles. The van der Waals surface area contributed by atoms with Crippen molar-refractivity contribution in [1.82, 2.24) is 9.80 Å². The van der Waals surface area contributed by atoms with Gasteiger partial charge in [-0.25, -0.2) is 0 Å². The van der Waals surface area contributed by atoms with Crippen LogP contribution in [0, 0.1) is 5.92 Å². The molecule has 0 spiro atoms. The van der Waals surface area contributed by atoms with Gasteiger partial charge in [-0.05, 0) is 44.0 Å². The minimum Gasteiger partial charge on any atom is -0.398 e. The first kappa shape index (κ1) is 17.2. The molecule has 0 atom stereocenters.